The summed E-state index contributed by atoms with van der Waals surface area (Å²) >= 11 is 0. The molecule has 112 valence electrons. The summed E-state index contributed by atoms with van der Waals surface area (Å²) in [6.45, 7) is 3.44. The van der Waals surface area contributed by atoms with Crippen molar-refractivity contribution in [1.82, 2.24) is 0 Å². The van der Waals surface area contributed by atoms with Gasteiger partial charge in [0.25, 0.3) is 0 Å². The van der Waals surface area contributed by atoms with Crippen LogP contribution < -0.4 is 9.47 Å². The Kier molecular flexibility index (Phi) is 3.72. The summed E-state index contributed by atoms with van der Waals surface area (Å²) in [4.78, 5) is 12.2. The number of Topliss-reactive ketones (excluding diaryl/α,β-unsaturated/α-hetero) is 1. The van der Waals surface area contributed by atoms with E-state index in [4.69, 9.17) is 9.47 Å². The van der Waals surface area contributed by atoms with Crippen molar-refractivity contribution in [3.63, 3.8) is 0 Å². The van der Waals surface area contributed by atoms with E-state index in [1.54, 1.807) is 14.0 Å². The summed E-state index contributed by atoms with van der Waals surface area (Å²) < 4.78 is 11.1. The van der Waals surface area contributed by atoms with Crippen LogP contribution in [0.3, 0.4) is 0 Å². The van der Waals surface area contributed by atoms with Crippen LogP contribution in [0.25, 0.3) is 0 Å². The number of hydrogen-bond acceptors (Lipinski definition) is 3. The Morgan fingerprint density at radius 3 is 2.41 bits per heavy atom. The highest BCUT2D eigenvalue weighted by Gasteiger charge is 2.31. The lowest BCUT2D eigenvalue weighted by Crippen LogP contribution is -2.20. The average Bonchev–Trinajstić information content (AvgIpc) is 2.53. The van der Waals surface area contributed by atoms with E-state index < -0.39 is 0 Å². The fourth-order valence-electron chi connectivity index (χ4n) is 2.98. The van der Waals surface area contributed by atoms with Gasteiger partial charge in [-0.3, -0.25) is 4.79 Å². The molecular weight excluding hydrogens is 276 g/mol. The Labute approximate surface area is 130 Å². The third-order valence-corrected chi connectivity index (χ3v) is 3.99. The third-order valence-electron chi connectivity index (χ3n) is 3.99. The van der Waals surface area contributed by atoms with Crippen LogP contribution >= 0.6 is 0 Å². The second-order valence-electron chi connectivity index (χ2n) is 5.37. The number of fused-ring (bicyclic) bond motifs is 1. The molecule has 0 bridgehead atoms. The maximum atomic E-state index is 12.2. The molecule has 22 heavy (non-hydrogen) atoms. The molecule has 0 spiro atoms. The lowest BCUT2D eigenvalue weighted by molar-refractivity contribution is -0.114. The first-order valence-corrected chi connectivity index (χ1v) is 7.24. The van der Waals surface area contributed by atoms with Gasteiger partial charge in [0.05, 0.1) is 7.11 Å². The molecule has 0 fully saturated rings. The number of ketones is 1. The molecule has 0 aromatic heterocycles. The summed E-state index contributed by atoms with van der Waals surface area (Å²) in [5.74, 6) is 2.22. The number of carbonyl (C=O) groups is 1. The van der Waals surface area contributed by atoms with Gasteiger partial charge in [0, 0.05) is 17.1 Å². The molecule has 0 saturated heterocycles. The zero-order valence-electron chi connectivity index (χ0n) is 12.9. The van der Waals surface area contributed by atoms with Crippen LogP contribution in [0.1, 0.15) is 30.9 Å². The lowest BCUT2D eigenvalue weighted by Gasteiger charge is -2.29. The molecule has 2 aromatic carbocycles. The smallest absolute Gasteiger partial charge is 0.160 e. The van der Waals surface area contributed by atoms with Crippen molar-refractivity contribution in [2.45, 2.75) is 19.8 Å². The van der Waals surface area contributed by atoms with Gasteiger partial charge in [-0.1, -0.05) is 30.3 Å². The first-order chi connectivity index (χ1) is 10.6. The van der Waals surface area contributed by atoms with Crippen molar-refractivity contribution < 1.29 is 14.3 Å². The van der Waals surface area contributed by atoms with Crippen molar-refractivity contribution in [2.75, 3.05) is 7.11 Å². The van der Waals surface area contributed by atoms with E-state index in [9.17, 15) is 4.79 Å². The Bertz CT molecular complexity index is 742. The molecule has 3 rings (SSSR count). The van der Waals surface area contributed by atoms with E-state index in [1.165, 1.54) is 0 Å². The van der Waals surface area contributed by atoms with E-state index in [1.807, 2.05) is 55.5 Å². The molecule has 0 amide bonds. The minimum absolute atomic E-state index is 0.0350. The SMILES string of the molecule is COc1ccc([C@H]2C(C(C)=O)=C(C)Oc3ccccc32)cc1. The number of para-hydroxylation sites is 1. The standard InChI is InChI=1S/C19H18O3/c1-12(20)18-13(2)22-17-7-5-4-6-16(17)19(18)14-8-10-15(21-3)11-9-14/h4-11,19H,1-3H3/t19-/m1/s1. The Hall–Kier alpha value is -2.55. The van der Waals surface area contributed by atoms with Crippen molar-refractivity contribution in [3.8, 4) is 11.5 Å². The molecule has 1 atom stereocenters. The first-order valence-electron chi connectivity index (χ1n) is 7.24. The zero-order valence-corrected chi connectivity index (χ0v) is 12.9. The highest BCUT2D eigenvalue weighted by Crippen LogP contribution is 2.43. The van der Waals surface area contributed by atoms with Gasteiger partial charge >= 0.3 is 0 Å². The van der Waals surface area contributed by atoms with E-state index in [0.29, 0.717) is 11.3 Å². The van der Waals surface area contributed by atoms with Gasteiger partial charge in [0.15, 0.2) is 5.78 Å². The summed E-state index contributed by atoms with van der Waals surface area (Å²) in [5, 5.41) is 0. The Balaban J connectivity index is 2.17. The van der Waals surface area contributed by atoms with Gasteiger partial charge < -0.3 is 9.47 Å². The van der Waals surface area contributed by atoms with Gasteiger partial charge in [0.2, 0.25) is 0 Å². The van der Waals surface area contributed by atoms with Crippen LogP contribution in [0.2, 0.25) is 0 Å². The number of methoxy groups -OCH3 is 1. The highest BCUT2D eigenvalue weighted by atomic mass is 16.5. The van der Waals surface area contributed by atoms with Gasteiger partial charge in [-0.25, -0.2) is 0 Å². The molecule has 0 saturated carbocycles. The molecule has 0 unspecified atom stereocenters. The minimum Gasteiger partial charge on any atom is -0.497 e. The van der Waals surface area contributed by atoms with Crippen LogP contribution in [0, 0.1) is 0 Å². The quantitative estimate of drug-likeness (QED) is 0.855. The fourth-order valence-corrected chi connectivity index (χ4v) is 2.98. The van der Waals surface area contributed by atoms with Crippen LogP contribution in [0.4, 0.5) is 0 Å². The number of rotatable bonds is 3. The Morgan fingerprint density at radius 2 is 1.77 bits per heavy atom. The largest absolute Gasteiger partial charge is 0.497 e. The molecular formula is C19H18O3. The predicted octanol–water partition coefficient (Wildman–Crippen LogP) is 4.08. The normalized spacial score (nSPS) is 16.8. The van der Waals surface area contributed by atoms with Crippen LogP contribution in [0.5, 0.6) is 11.5 Å². The molecule has 0 N–H and O–H groups in total. The highest BCUT2D eigenvalue weighted by molar-refractivity contribution is 5.96. The molecule has 1 aliphatic heterocycles. The fraction of sp³-hybridized carbons (Fsp3) is 0.211. The second-order valence-corrected chi connectivity index (χ2v) is 5.37. The molecule has 2 aromatic rings. The average molecular weight is 294 g/mol. The molecule has 0 aliphatic carbocycles. The topological polar surface area (TPSA) is 35.5 Å². The molecule has 0 radical (unpaired) electrons. The van der Waals surface area contributed by atoms with Gasteiger partial charge in [0.1, 0.15) is 17.3 Å². The van der Waals surface area contributed by atoms with Crippen LogP contribution in [0.15, 0.2) is 59.9 Å². The molecule has 1 aliphatic rings. The number of benzene rings is 2. The van der Waals surface area contributed by atoms with Crippen LogP contribution in [-0.4, -0.2) is 12.9 Å². The second kappa shape index (κ2) is 5.68. The maximum Gasteiger partial charge on any atom is 0.160 e. The van der Waals surface area contributed by atoms with Crippen molar-refractivity contribution in [3.05, 3.63) is 71.0 Å². The molecule has 3 nitrogen and oxygen atoms in total. The van der Waals surface area contributed by atoms with Crippen molar-refractivity contribution in [2.24, 2.45) is 0 Å². The monoisotopic (exact) mass is 294 g/mol. The van der Waals surface area contributed by atoms with Gasteiger partial charge in [-0.15, -0.1) is 0 Å². The van der Waals surface area contributed by atoms with E-state index in [-0.39, 0.29) is 11.7 Å². The third kappa shape index (κ3) is 2.39. The van der Waals surface area contributed by atoms with E-state index in [2.05, 4.69) is 0 Å². The van der Waals surface area contributed by atoms with E-state index >= 15 is 0 Å². The molecule has 3 heteroatoms. The summed E-state index contributed by atoms with van der Waals surface area (Å²) in [7, 11) is 1.64. The number of allylic oxidation sites excluding steroid dienone is 2. The van der Waals surface area contributed by atoms with Gasteiger partial charge in [-0.05, 0) is 37.6 Å². The Morgan fingerprint density at radius 1 is 1.09 bits per heavy atom. The number of hydrogen-bond donors (Lipinski definition) is 0. The van der Waals surface area contributed by atoms with Crippen molar-refractivity contribution in [1.29, 1.82) is 0 Å². The minimum atomic E-state index is -0.103. The van der Waals surface area contributed by atoms with Gasteiger partial charge in [-0.2, -0.15) is 0 Å². The summed E-state index contributed by atoms with van der Waals surface area (Å²) in [6, 6.07) is 15.7. The van der Waals surface area contributed by atoms with E-state index in [0.717, 1.165) is 22.6 Å². The number of ether oxygens (including phenoxy) is 2. The summed E-state index contributed by atoms with van der Waals surface area (Å²) in [6.07, 6.45) is 0. The number of carbonyl (C=O) groups excluding carboxylic acids is 1. The van der Waals surface area contributed by atoms with Crippen molar-refractivity contribution >= 4 is 5.78 Å². The summed E-state index contributed by atoms with van der Waals surface area (Å²) in [5.41, 5.74) is 2.79. The maximum absolute atomic E-state index is 12.2. The zero-order chi connectivity index (χ0) is 15.7. The van der Waals surface area contributed by atoms with Crippen LogP contribution in [-0.2, 0) is 4.79 Å². The first kappa shape index (κ1) is 14.4. The molecule has 1 heterocycles. The predicted molar refractivity (Wildman–Crippen MR) is 85.3 cm³/mol. The lowest BCUT2D eigenvalue weighted by atomic mass is 9.81.